The SMILES string of the molecule is Cc1cccc(-c2ncc(C(=O)O)[nH]2)c1C. The number of nitrogens with zero attached hydrogens (tertiary/aromatic N) is 1. The summed E-state index contributed by atoms with van der Waals surface area (Å²) in [6.45, 7) is 4.01. The summed E-state index contributed by atoms with van der Waals surface area (Å²) >= 11 is 0. The number of aryl methyl sites for hydroxylation is 1. The molecule has 0 aliphatic rings. The standard InChI is InChI=1S/C12H12N2O2/c1-7-4-3-5-9(8(7)2)11-13-6-10(14-11)12(15)16/h3-6H,1-2H3,(H,13,14)(H,15,16). The Morgan fingerprint density at radius 2 is 2.12 bits per heavy atom. The fourth-order valence-corrected chi connectivity index (χ4v) is 1.57. The van der Waals surface area contributed by atoms with Crippen molar-refractivity contribution in [2.75, 3.05) is 0 Å². The maximum atomic E-state index is 10.7. The van der Waals surface area contributed by atoms with E-state index in [4.69, 9.17) is 5.11 Å². The molecule has 0 amide bonds. The van der Waals surface area contributed by atoms with E-state index in [9.17, 15) is 4.79 Å². The highest BCUT2D eigenvalue weighted by Gasteiger charge is 2.10. The van der Waals surface area contributed by atoms with Crippen molar-refractivity contribution in [3.63, 3.8) is 0 Å². The summed E-state index contributed by atoms with van der Waals surface area (Å²) in [7, 11) is 0. The highest BCUT2D eigenvalue weighted by Crippen LogP contribution is 2.22. The third-order valence-corrected chi connectivity index (χ3v) is 2.67. The van der Waals surface area contributed by atoms with Crippen LogP contribution in [0.15, 0.2) is 24.4 Å². The molecule has 0 atom stereocenters. The Hall–Kier alpha value is -2.10. The molecule has 4 heteroatoms. The number of benzene rings is 1. The lowest BCUT2D eigenvalue weighted by atomic mass is 10.0. The van der Waals surface area contributed by atoms with Gasteiger partial charge in [-0.05, 0) is 25.0 Å². The molecule has 0 radical (unpaired) electrons. The van der Waals surface area contributed by atoms with Crippen LogP contribution in [0.1, 0.15) is 21.6 Å². The van der Waals surface area contributed by atoms with Crippen LogP contribution in [0.4, 0.5) is 0 Å². The van der Waals surface area contributed by atoms with Crippen molar-refractivity contribution in [3.05, 3.63) is 41.2 Å². The van der Waals surface area contributed by atoms with E-state index in [0.29, 0.717) is 5.82 Å². The topological polar surface area (TPSA) is 66.0 Å². The van der Waals surface area contributed by atoms with Crippen LogP contribution in [0.2, 0.25) is 0 Å². The summed E-state index contributed by atoms with van der Waals surface area (Å²) in [4.78, 5) is 17.6. The van der Waals surface area contributed by atoms with Crippen LogP contribution in [0.5, 0.6) is 0 Å². The van der Waals surface area contributed by atoms with Gasteiger partial charge in [0.2, 0.25) is 0 Å². The molecule has 4 nitrogen and oxygen atoms in total. The van der Waals surface area contributed by atoms with Crippen molar-refractivity contribution in [2.45, 2.75) is 13.8 Å². The van der Waals surface area contributed by atoms with Crippen molar-refractivity contribution in [1.29, 1.82) is 0 Å². The number of hydrogen-bond acceptors (Lipinski definition) is 2. The smallest absolute Gasteiger partial charge is 0.353 e. The Balaban J connectivity index is 2.50. The lowest BCUT2D eigenvalue weighted by molar-refractivity contribution is 0.0691. The van der Waals surface area contributed by atoms with Crippen molar-refractivity contribution >= 4 is 5.97 Å². The van der Waals surface area contributed by atoms with Gasteiger partial charge in [-0.15, -0.1) is 0 Å². The van der Waals surface area contributed by atoms with Gasteiger partial charge in [-0.2, -0.15) is 0 Å². The fraction of sp³-hybridized carbons (Fsp3) is 0.167. The molecule has 0 saturated heterocycles. The number of hydrogen-bond donors (Lipinski definition) is 2. The highest BCUT2D eigenvalue weighted by atomic mass is 16.4. The molecule has 0 spiro atoms. The third kappa shape index (κ3) is 1.69. The van der Waals surface area contributed by atoms with Gasteiger partial charge in [-0.1, -0.05) is 18.2 Å². The summed E-state index contributed by atoms with van der Waals surface area (Å²) < 4.78 is 0. The molecule has 0 bridgehead atoms. The van der Waals surface area contributed by atoms with Crippen LogP contribution >= 0.6 is 0 Å². The van der Waals surface area contributed by atoms with Gasteiger partial charge in [0.15, 0.2) is 0 Å². The molecule has 0 unspecified atom stereocenters. The lowest BCUT2D eigenvalue weighted by Gasteiger charge is -2.05. The molecule has 2 rings (SSSR count). The summed E-state index contributed by atoms with van der Waals surface area (Å²) in [5.74, 6) is -0.400. The molecule has 82 valence electrons. The molecule has 2 aromatic rings. The summed E-state index contributed by atoms with van der Waals surface area (Å²) in [6.07, 6.45) is 1.33. The van der Waals surface area contributed by atoms with E-state index in [1.807, 2.05) is 32.0 Å². The summed E-state index contributed by atoms with van der Waals surface area (Å²) in [5.41, 5.74) is 3.31. The predicted molar refractivity (Wildman–Crippen MR) is 60.5 cm³/mol. The number of carboxylic acid groups (broad SMARTS) is 1. The highest BCUT2D eigenvalue weighted by molar-refractivity contribution is 5.86. The van der Waals surface area contributed by atoms with E-state index in [2.05, 4.69) is 9.97 Å². The second kappa shape index (κ2) is 3.81. The van der Waals surface area contributed by atoms with E-state index in [1.54, 1.807) is 0 Å². The van der Waals surface area contributed by atoms with E-state index in [0.717, 1.165) is 16.7 Å². The van der Waals surface area contributed by atoms with E-state index >= 15 is 0 Å². The van der Waals surface area contributed by atoms with Gasteiger partial charge in [0.05, 0.1) is 6.20 Å². The van der Waals surface area contributed by atoms with Gasteiger partial charge in [0.25, 0.3) is 0 Å². The number of aromatic amines is 1. The lowest BCUT2D eigenvalue weighted by Crippen LogP contribution is -1.96. The van der Waals surface area contributed by atoms with Gasteiger partial charge in [0, 0.05) is 5.56 Å². The number of imidazole rings is 1. The maximum Gasteiger partial charge on any atom is 0.353 e. The molecule has 1 aromatic carbocycles. The molecule has 1 aromatic heterocycles. The van der Waals surface area contributed by atoms with Gasteiger partial charge < -0.3 is 10.1 Å². The minimum atomic E-state index is -0.996. The Labute approximate surface area is 93.0 Å². The average Bonchev–Trinajstić information content (AvgIpc) is 2.71. The quantitative estimate of drug-likeness (QED) is 0.810. The molecule has 0 saturated carbocycles. The van der Waals surface area contributed by atoms with Gasteiger partial charge in [-0.3, -0.25) is 0 Å². The molecule has 16 heavy (non-hydrogen) atoms. The zero-order valence-corrected chi connectivity index (χ0v) is 9.11. The molecule has 2 N–H and O–H groups in total. The van der Waals surface area contributed by atoms with Crippen LogP contribution < -0.4 is 0 Å². The van der Waals surface area contributed by atoms with E-state index in [-0.39, 0.29) is 5.69 Å². The first kappa shape index (κ1) is 10.4. The van der Waals surface area contributed by atoms with E-state index < -0.39 is 5.97 Å². The minimum absolute atomic E-state index is 0.107. The number of rotatable bonds is 2. The van der Waals surface area contributed by atoms with Crippen LogP contribution in [0.3, 0.4) is 0 Å². The van der Waals surface area contributed by atoms with Crippen LogP contribution in [-0.2, 0) is 0 Å². The second-order valence-corrected chi connectivity index (χ2v) is 3.70. The second-order valence-electron chi connectivity index (χ2n) is 3.70. The number of aromatic nitrogens is 2. The number of H-pyrrole nitrogens is 1. The van der Waals surface area contributed by atoms with Crippen molar-refractivity contribution < 1.29 is 9.90 Å². The number of nitrogens with one attached hydrogen (secondary N) is 1. The first-order chi connectivity index (χ1) is 7.59. The Morgan fingerprint density at radius 3 is 2.75 bits per heavy atom. The summed E-state index contributed by atoms with van der Waals surface area (Å²) in [6, 6.07) is 5.87. The normalized spacial score (nSPS) is 10.4. The number of carboxylic acids is 1. The van der Waals surface area contributed by atoms with Gasteiger partial charge in [-0.25, -0.2) is 9.78 Å². The molecular formula is C12H12N2O2. The first-order valence-corrected chi connectivity index (χ1v) is 4.94. The molecule has 0 aliphatic carbocycles. The number of aromatic carboxylic acids is 1. The largest absolute Gasteiger partial charge is 0.477 e. The zero-order chi connectivity index (χ0) is 11.7. The van der Waals surface area contributed by atoms with Gasteiger partial charge >= 0.3 is 5.97 Å². The zero-order valence-electron chi connectivity index (χ0n) is 9.11. The van der Waals surface area contributed by atoms with Crippen LogP contribution in [0, 0.1) is 13.8 Å². The Kier molecular flexibility index (Phi) is 2.48. The van der Waals surface area contributed by atoms with Gasteiger partial charge in [0.1, 0.15) is 11.5 Å². The Bertz CT molecular complexity index is 544. The van der Waals surface area contributed by atoms with Crippen LogP contribution in [-0.4, -0.2) is 21.0 Å². The minimum Gasteiger partial charge on any atom is -0.477 e. The van der Waals surface area contributed by atoms with Crippen molar-refractivity contribution in [2.24, 2.45) is 0 Å². The first-order valence-electron chi connectivity index (χ1n) is 4.94. The monoisotopic (exact) mass is 216 g/mol. The van der Waals surface area contributed by atoms with Crippen molar-refractivity contribution in [1.82, 2.24) is 9.97 Å². The fourth-order valence-electron chi connectivity index (χ4n) is 1.57. The van der Waals surface area contributed by atoms with Crippen molar-refractivity contribution in [3.8, 4) is 11.4 Å². The number of carbonyl (C=O) groups is 1. The Morgan fingerprint density at radius 1 is 1.38 bits per heavy atom. The molecule has 1 heterocycles. The third-order valence-electron chi connectivity index (χ3n) is 2.67. The predicted octanol–water partition coefficient (Wildman–Crippen LogP) is 2.39. The summed E-state index contributed by atoms with van der Waals surface area (Å²) in [5, 5.41) is 8.80. The molecule has 0 fully saturated rings. The molecular weight excluding hydrogens is 204 g/mol. The average molecular weight is 216 g/mol. The van der Waals surface area contributed by atoms with Crippen LogP contribution in [0.25, 0.3) is 11.4 Å². The molecule has 0 aliphatic heterocycles. The maximum absolute atomic E-state index is 10.7. The van der Waals surface area contributed by atoms with E-state index in [1.165, 1.54) is 6.20 Å².